The third-order valence-corrected chi connectivity index (χ3v) is 6.94. The lowest BCUT2D eigenvalue weighted by Gasteiger charge is -2.35. The average Bonchev–Trinajstić information content (AvgIpc) is 2.68. The molecule has 142 valence electrons. The van der Waals surface area contributed by atoms with E-state index in [0.717, 1.165) is 11.3 Å². The van der Waals surface area contributed by atoms with Crippen LogP contribution in [0.2, 0.25) is 0 Å². The second-order valence-corrected chi connectivity index (χ2v) is 8.67. The van der Waals surface area contributed by atoms with Gasteiger partial charge in [0.1, 0.15) is 5.82 Å². The number of aryl methyl sites for hydroxylation is 1. The Bertz CT molecular complexity index is 968. The SMILES string of the molecule is O=C1CCc2cc(S(=O)(=O)N3CCN(c4ccc(F)cc4)CC3)ccc2N1. The van der Waals surface area contributed by atoms with Crippen molar-refractivity contribution in [3.05, 3.63) is 53.8 Å². The molecule has 0 atom stereocenters. The largest absolute Gasteiger partial charge is 0.369 e. The van der Waals surface area contributed by atoms with Gasteiger partial charge < -0.3 is 10.2 Å². The maximum Gasteiger partial charge on any atom is 0.243 e. The first kappa shape index (κ1) is 17.9. The van der Waals surface area contributed by atoms with Gasteiger partial charge in [-0.15, -0.1) is 0 Å². The Hall–Kier alpha value is -2.45. The van der Waals surface area contributed by atoms with Gasteiger partial charge in [0.05, 0.1) is 4.90 Å². The molecule has 1 saturated heterocycles. The lowest BCUT2D eigenvalue weighted by atomic mass is 10.0. The van der Waals surface area contributed by atoms with Gasteiger partial charge >= 0.3 is 0 Å². The number of nitrogens with zero attached hydrogens (tertiary/aromatic N) is 2. The molecule has 0 aromatic heterocycles. The van der Waals surface area contributed by atoms with Crippen LogP contribution in [0, 0.1) is 5.82 Å². The molecule has 2 aromatic carbocycles. The summed E-state index contributed by atoms with van der Waals surface area (Å²) in [5.74, 6) is -0.335. The first-order chi connectivity index (χ1) is 12.9. The summed E-state index contributed by atoms with van der Waals surface area (Å²) in [6.07, 6.45) is 0.912. The quantitative estimate of drug-likeness (QED) is 0.874. The number of hydrogen-bond acceptors (Lipinski definition) is 4. The van der Waals surface area contributed by atoms with Crippen molar-refractivity contribution in [2.24, 2.45) is 0 Å². The molecule has 1 fully saturated rings. The molecule has 2 aliphatic rings. The number of halogens is 1. The zero-order valence-electron chi connectivity index (χ0n) is 14.7. The molecule has 0 bridgehead atoms. The van der Waals surface area contributed by atoms with E-state index in [2.05, 4.69) is 5.32 Å². The molecule has 0 spiro atoms. The van der Waals surface area contributed by atoms with Crippen LogP contribution in [0.5, 0.6) is 0 Å². The standard InChI is InChI=1S/C19H20FN3O3S/c20-15-2-4-16(5-3-15)22-9-11-23(12-10-22)27(25,26)17-6-7-18-14(13-17)1-8-19(24)21-18/h2-7,13H,1,8-12H2,(H,21,24). The van der Waals surface area contributed by atoms with Crippen LogP contribution in [-0.2, 0) is 21.2 Å². The summed E-state index contributed by atoms with van der Waals surface area (Å²) in [5.41, 5.74) is 2.42. The fourth-order valence-corrected chi connectivity index (χ4v) is 4.98. The highest BCUT2D eigenvalue weighted by molar-refractivity contribution is 7.89. The molecule has 27 heavy (non-hydrogen) atoms. The van der Waals surface area contributed by atoms with E-state index in [9.17, 15) is 17.6 Å². The topological polar surface area (TPSA) is 69.7 Å². The van der Waals surface area contributed by atoms with Gasteiger partial charge in [-0.25, -0.2) is 12.8 Å². The first-order valence-corrected chi connectivity index (χ1v) is 10.3. The Balaban J connectivity index is 1.49. The van der Waals surface area contributed by atoms with Crippen molar-refractivity contribution in [3.63, 3.8) is 0 Å². The number of benzene rings is 2. The van der Waals surface area contributed by atoms with E-state index in [1.807, 2.05) is 4.90 Å². The van der Waals surface area contributed by atoms with Crippen LogP contribution in [0.25, 0.3) is 0 Å². The molecule has 2 aromatic rings. The normalized spacial score (nSPS) is 18.1. The monoisotopic (exact) mass is 389 g/mol. The van der Waals surface area contributed by atoms with Crippen LogP contribution < -0.4 is 10.2 Å². The van der Waals surface area contributed by atoms with Crippen LogP contribution in [0.1, 0.15) is 12.0 Å². The minimum atomic E-state index is -3.59. The Morgan fingerprint density at radius 3 is 2.33 bits per heavy atom. The van der Waals surface area contributed by atoms with Gasteiger partial charge in [0.25, 0.3) is 0 Å². The molecule has 0 aliphatic carbocycles. The second-order valence-electron chi connectivity index (χ2n) is 6.73. The van der Waals surface area contributed by atoms with Crippen molar-refractivity contribution in [3.8, 4) is 0 Å². The van der Waals surface area contributed by atoms with Crippen molar-refractivity contribution in [2.45, 2.75) is 17.7 Å². The van der Waals surface area contributed by atoms with Crippen LogP contribution >= 0.6 is 0 Å². The third-order valence-electron chi connectivity index (χ3n) is 5.04. The number of anilines is 2. The predicted octanol–water partition coefficient (Wildman–Crippen LogP) is 2.22. The molecule has 4 rings (SSSR count). The van der Waals surface area contributed by atoms with Gasteiger partial charge in [-0.2, -0.15) is 4.31 Å². The van der Waals surface area contributed by atoms with Crippen molar-refractivity contribution in [1.29, 1.82) is 0 Å². The number of amides is 1. The van der Waals surface area contributed by atoms with Crippen molar-refractivity contribution < 1.29 is 17.6 Å². The molecule has 0 saturated carbocycles. The lowest BCUT2D eigenvalue weighted by molar-refractivity contribution is -0.116. The van der Waals surface area contributed by atoms with Gasteiger partial charge in [-0.1, -0.05) is 0 Å². The Morgan fingerprint density at radius 1 is 0.926 bits per heavy atom. The highest BCUT2D eigenvalue weighted by atomic mass is 32.2. The van der Waals surface area contributed by atoms with Crippen LogP contribution in [0.3, 0.4) is 0 Å². The number of hydrogen-bond donors (Lipinski definition) is 1. The highest BCUT2D eigenvalue weighted by Crippen LogP contribution is 2.28. The summed E-state index contributed by atoms with van der Waals surface area (Å²) in [4.78, 5) is 13.8. The van der Waals surface area contributed by atoms with E-state index < -0.39 is 10.0 Å². The summed E-state index contributed by atoms with van der Waals surface area (Å²) >= 11 is 0. The van der Waals surface area contributed by atoms with Gasteiger partial charge in [-0.05, 0) is 54.4 Å². The van der Waals surface area contributed by atoms with E-state index in [1.165, 1.54) is 16.4 Å². The molecule has 0 unspecified atom stereocenters. The molecule has 6 nitrogen and oxygen atoms in total. The van der Waals surface area contributed by atoms with E-state index in [0.29, 0.717) is 44.7 Å². The molecule has 0 radical (unpaired) electrons. The molecule has 1 N–H and O–H groups in total. The Kier molecular flexibility index (Phi) is 4.61. The Labute approximate surface area is 157 Å². The number of nitrogens with one attached hydrogen (secondary N) is 1. The summed E-state index contributed by atoms with van der Waals surface area (Å²) < 4.78 is 40.5. The number of carbonyl (C=O) groups is 1. The highest BCUT2D eigenvalue weighted by Gasteiger charge is 2.29. The fourth-order valence-electron chi connectivity index (χ4n) is 3.51. The summed E-state index contributed by atoms with van der Waals surface area (Å²) in [7, 11) is -3.59. The van der Waals surface area contributed by atoms with Gasteiger partial charge in [0, 0.05) is 44.0 Å². The fraction of sp³-hybridized carbons (Fsp3) is 0.316. The average molecular weight is 389 g/mol. The number of sulfonamides is 1. The molecular formula is C19H20FN3O3S. The molecular weight excluding hydrogens is 369 g/mol. The van der Waals surface area contributed by atoms with E-state index >= 15 is 0 Å². The Morgan fingerprint density at radius 2 is 1.63 bits per heavy atom. The minimum Gasteiger partial charge on any atom is -0.369 e. The minimum absolute atomic E-state index is 0.0463. The zero-order chi connectivity index (χ0) is 19.0. The zero-order valence-corrected chi connectivity index (χ0v) is 15.5. The molecule has 2 aliphatic heterocycles. The van der Waals surface area contributed by atoms with Gasteiger partial charge in [0.15, 0.2) is 0 Å². The summed E-state index contributed by atoms with van der Waals surface area (Å²) in [6, 6.07) is 11.1. The van der Waals surface area contributed by atoms with E-state index in [1.54, 1.807) is 30.3 Å². The number of carbonyl (C=O) groups excluding carboxylic acids is 1. The third kappa shape index (κ3) is 3.54. The van der Waals surface area contributed by atoms with Crippen LogP contribution in [0.15, 0.2) is 47.4 Å². The second kappa shape index (κ2) is 6.94. The smallest absolute Gasteiger partial charge is 0.243 e. The number of fused-ring (bicyclic) bond motifs is 1. The van der Waals surface area contributed by atoms with Crippen molar-refractivity contribution in [1.82, 2.24) is 4.31 Å². The number of piperazine rings is 1. The molecule has 1 amide bonds. The van der Waals surface area contributed by atoms with Gasteiger partial charge in [-0.3, -0.25) is 4.79 Å². The van der Waals surface area contributed by atoms with E-state index in [4.69, 9.17) is 0 Å². The molecule has 8 heteroatoms. The number of rotatable bonds is 3. The van der Waals surface area contributed by atoms with E-state index in [-0.39, 0.29) is 16.6 Å². The lowest BCUT2D eigenvalue weighted by Crippen LogP contribution is -2.48. The summed E-state index contributed by atoms with van der Waals surface area (Å²) in [6.45, 7) is 1.83. The van der Waals surface area contributed by atoms with Crippen LogP contribution in [0.4, 0.5) is 15.8 Å². The first-order valence-electron chi connectivity index (χ1n) is 8.87. The maximum atomic E-state index is 13.1. The van der Waals surface area contributed by atoms with Crippen molar-refractivity contribution in [2.75, 3.05) is 36.4 Å². The summed E-state index contributed by atoms with van der Waals surface area (Å²) in [5, 5.41) is 2.77. The van der Waals surface area contributed by atoms with Gasteiger partial charge in [0.2, 0.25) is 15.9 Å². The van der Waals surface area contributed by atoms with Crippen LogP contribution in [-0.4, -0.2) is 44.8 Å². The molecule has 2 heterocycles. The predicted molar refractivity (Wildman–Crippen MR) is 101 cm³/mol. The maximum absolute atomic E-state index is 13.1. The van der Waals surface area contributed by atoms with Crippen molar-refractivity contribution >= 4 is 27.3 Å².